The number of aromatic nitrogens is 1. The Morgan fingerprint density at radius 1 is 1.36 bits per heavy atom. The maximum Gasteiger partial charge on any atom is 0.417 e. The second-order valence-electron chi connectivity index (χ2n) is 4.82. The average molecular weight is 372 g/mol. The Balaban J connectivity index is 2.61. The highest BCUT2D eigenvalue weighted by atomic mass is 32.2. The van der Waals surface area contributed by atoms with E-state index in [1.807, 2.05) is 0 Å². The lowest BCUT2D eigenvalue weighted by Crippen LogP contribution is -2.17. The Morgan fingerprint density at radius 2 is 2.00 bits per heavy atom. The monoisotopic (exact) mass is 372 g/mol. The van der Waals surface area contributed by atoms with E-state index in [2.05, 4.69) is 4.98 Å². The number of carbonyl (C=O) groups is 1. The van der Waals surface area contributed by atoms with Crippen molar-refractivity contribution in [2.24, 2.45) is 0 Å². The molecule has 0 aliphatic heterocycles. The fourth-order valence-electron chi connectivity index (χ4n) is 2.00. The SMILES string of the molecule is Cc1c(Sc2[nH]c(=O)cc(C(F)(F)F)c2C#N)ccc(C(=O)O)c1F. The van der Waals surface area contributed by atoms with Gasteiger partial charge in [0.1, 0.15) is 11.9 Å². The minimum atomic E-state index is -4.91. The van der Waals surface area contributed by atoms with Crippen LogP contribution in [0.4, 0.5) is 17.6 Å². The zero-order valence-corrected chi connectivity index (χ0v) is 13.2. The molecule has 0 aliphatic rings. The van der Waals surface area contributed by atoms with Gasteiger partial charge < -0.3 is 10.1 Å². The maximum absolute atomic E-state index is 14.0. The molecule has 0 unspecified atom stereocenters. The van der Waals surface area contributed by atoms with Gasteiger partial charge in [-0.2, -0.15) is 18.4 Å². The molecule has 0 fully saturated rings. The van der Waals surface area contributed by atoms with Crippen LogP contribution in [0.2, 0.25) is 0 Å². The number of nitrogens with one attached hydrogen (secondary N) is 1. The number of carboxylic acid groups (broad SMARTS) is 1. The van der Waals surface area contributed by atoms with Gasteiger partial charge in [0, 0.05) is 11.0 Å². The predicted molar refractivity (Wildman–Crippen MR) is 79.0 cm³/mol. The molecule has 2 aromatic rings. The summed E-state index contributed by atoms with van der Waals surface area (Å²) in [6.07, 6.45) is -4.91. The molecule has 0 bridgehead atoms. The van der Waals surface area contributed by atoms with Crippen LogP contribution >= 0.6 is 11.8 Å². The van der Waals surface area contributed by atoms with Gasteiger partial charge in [-0.05, 0) is 24.6 Å². The number of hydrogen-bond acceptors (Lipinski definition) is 4. The van der Waals surface area contributed by atoms with Gasteiger partial charge >= 0.3 is 12.1 Å². The first kappa shape index (κ1) is 18.5. The number of nitrogens with zero attached hydrogens (tertiary/aromatic N) is 1. The average Bonchev–Trinajstić information content (AvgIpc) is 2.50. The van der Waals surface area contributed by atoms with Crippen molar-refractivity contribution >= 4 is 17.7 Å². The molecular weight excluding hydrogens is 364 g/mol. The van der Waals surface area contributed by atoms with Crippen LogP contribution in [0.5, 0.6) is 0 Å². The summed E-state index contributed by atoms with van der Waals surface area (Å²) in [5.74, 6) is -2.55. The third kappa shape index (κ3) is 3.66. The van der Waals surface area contributed by atoms with Crippen molar-refractivity contribution in [3.05, 3.63) is 56.6 Å². The Kier molecular flexibility index (Phi) is 4.89. The smallest absolute Gasteiger partial charge is 0.417 e. The number of H-pyrrole nitrogens is 1. The molecule has 25 heavy (non-hydrogen) atoms. The Bertz CT molecular complexity index is 961. The summed E-state index contributed by atoms with van der Waals surface area (Å²) in [7, 11) is 0. The second-order valence-corrected chi connectivity index (χ2v) is 5.87. The van der Waals surface area contributed by atoms with Gasteiger partial charge in [0.2, 0.25) is 5.56 Å². The molecule has 0 saturated carbocycles. The zero-order valence-electron chi connectivity index (χ0n) is 12.4. The highest BCUT2D eigenvalue weighted by molar-refractivity contribution is 7.99. The van der Waals surface area contributed by atoms with E-state index in [-0.39, 0.29) is 16.5 Å². The van der Waals surface area contributed by atoms with Crippen LogP contribution in [0.15, 0.2) is 32.9 Å². The Hall–Kier alpha value is -2.80. The summed E-state index contributed by atoms with van der Waals surface area (Å²) in [5.41, 5.74) is -4.01. The van der Waals surface area contributed by atoms with Crippen molar-refractivity contribution in [1.29, 1.82) is 5.26 Å². The number of alkyl halides is 3. The van der Waals surface area contributed by atoms with Crippen LogP contribution in [-0.2, 0) is 6.18 Å². The lowest BCUT2D eigenvalue weighted by molar-refractivity contribution is -0.138. The van der Waals surface area contributed by atoms with Crippen molar-refractivity contribution in [2.45, 2.75) is 23.0 Å². The molecule has 0 saturated heterocycles. The van der Waals surface area contributed by atoms with Crippen LogP contribution in [-0.4, -0.2) is 16.1 Å². The van der Waals surface area contributed by atoms with Gasteiger partial charge in [-0.15, -0.1) is 0 Å². The molecule has 5 nitrogen and oxygen atoms in total. The number of carboxylic acids is 1. The Labute approximate surface area is 141 Å². The lowest BCUT2D eigenvalue weighted by atomic mass is 10.1. The van der Waals surface area contributed by atoms with Crippen molar-refractivity contribution in [1.82, 2.24) is 4.98 Å². The number of nitriles is 1. The van der Waals surface area contributed by atoms with Gasteiger partial charge in [-0.3, -0.25) is 4.79 Å². The Morgan fingerprint density at radius 3 is 2.52 bits per heavy atom. The molecule has 0 radical (unpaired) electrons. The van der Waals surface area contributed by atoms with E-state index < -0.39 is 45.2 Å². The number of rotatable bonds is 3. The van der Waals surface area contributed by atoms with Crippen LogP contribution in [0.3, 0.4) is 0 Å². The predicted octanol–water partition coefficient (Wildman–Crippen LogP) is 3.56. The first-order chi connectivity index (χ1) is 11.6. The number of hydrogen-bond donors (Lipinski definition) is 2. The minimum Gasteiger partial charge on any atom is -0.478 e. The second kappa shape index (κ2) is 6.60. The van der Waals surface area contributed by atoms with Crippen LogP contribution in [0.25, 0.3) is 0 Å². The molecule has 130 valence electrons. The van der Waals surface area contributed by atoms with Gasteiger partial charge in [0.05, 0.1) is 21.7 Å². The van der Waals surface area contributed by atoms with Gasteiger partial charge in [0.25, 0.3) is 0 Å². The summed E-state index contributed by atoms with van der Waals surface area (Å²) in [6, 6.07) is 3.79. The van der Waals surface area contributed by atoms with E-state index in [0.717, 1.165) is 6.07 Å². The minimum absolute atomic E-state index is 0.0639. The standard InChI is InChI=1S/C15H8F4N2O3S/c1-6-10(3-2-7(12(6)16)14(23)24)25-13-8(5-20)9(15(17,18)19)4-11(22)21-13/h2-4H,1H3,(H,21,22)(H,23,24). The topological polar surface area (TPSA) is 94.0 Å². The lowest BCUT2D eigenvalue weighted by Gasteiger charge is -2.13. The summed E-state index contributed by atoms with van der Waals surface area (Å²) < 4.78 is 53.0. The summed E-state index contributed by atoms with van der Waals surface area (Å²) in [6.45, 7) is 1.24. The number of pyridine rings is 1. The quantitative estimate of drug-likeness (QED) is 0.804. The third-order valence-corrected chi connectivity index (χ3v) is 4.38. The van der Waals surface area contributed by atoms with Crippen LogP contribution in [0.1, 0.15) is 27.0 Å². The van der Waals surface area contributed by atoms with E-state index in [0.29, 0.717) is 11.8 Å². The normalized spacial score (nSPS) is 11.2. The molecule has 0 amide bonds. The third-order valence-electron chi connectivity index (χ3n) is 3.20. The molecule has 0 atom stereocenters. The maximum atomic E-state index is 14.0. The largest absolute Gasteiger partial charge is 0.478 e. The fourth-order valence-corrected chi connectivity index (χ4v) is 3.01. The number of aromatic amines is 1. The first-order valence-corrected chi connectivity index (χ1v) is 7.32. The first-order valence-electron chi connectivity index (χ1n) is 6.51. The molecule has 2 rings (SSSR count). The van der Waals surface area contributed by atoms with E-state index in [9.17, 15) is 27.2 Å². The van der Waals surface area contributed by atoms with Gasteiger partial charge in [0.15, 0.2) is 0 Å². The molecule has 10 heteroatoms. The molecule has 2 N–H and O–H groups in total. The number of aromatic carboxylic acids is 1. The molecule has 1 heterocycles. The van der Waals surface area contributed by atoms with Crippen molar-refractivity contribution in [2.75, 3.05) is 0 Å². The highest BCUT2D eigenvalue weighted by Gasteiger charge is 2.35. The van der Waals surface area contributed by atoms with Crippen molar-refractivity contribution in [3.8, 4) is 6.07 Å². The molecule has 1 aromatic carbocycles. The molecule has 0 spiro atoms. The van der Waals surface area contributed by atoms with Crippen LogP contribution in [0, 0.1) is 24.1 Å². The molecular formula is C15H8F4N2O3S. The molecule has 0 aliphatic carbocycles. The number of halogens is 4. The molecule has 1 aromatic heterocycles. The summed E-state index contributed by atoms with van der Waals surface area (Å²) in [4.78, 5) is 24.5. The van der Waals surface area contributed by atoms with Gasteiger partial charge in [-0.1, -0.05) is 11.8 Å². The van der Waals surface area contributed by atoms with Gasteiger partial charge in [-0.25, -0.2) is 9.18 Å². The highest BCUT2D eigenvalue weighted by Crippen LogP contribution is 2.37. The van der Waals surface area contributed by atoms with E-state index in [1.54, 1.807) is 0 Å². The zero-order chi connectivity index (χ0) is 18.9. The van der Waals surface area contributed by atoms with Crippen LogP contribution < -0.4 is 5.56 Å². The van der Waals surface area contributed by atoms with E-state index >= 15 is 0 Å². The van der Waals surface area contributed by atoms with Crippen molar-refractivity contribution in [3.63, 3.8) is 0 Å². The van der Waals surface area contributed by atoms with E-state index in [4.69, 9.17) is 10.4 Å². The number of benzene rings is 1. The summed E-state index contributed by atoms with van der Waals surface area (Å²) in [5, 5.41) is 17.5. The summed E-state index contributed by atoms with van der Waals surface area (Å²) >= 11 is 0.533. The fraction of sp³-hybridized carbons (Fsp3) is 0.133. The van der Waals surface area contributed by atoms with E-state index in [1.165, 1.54) is 19.1 Å². The van der Waals surface area contributed by atoms with Crippen molar-refractivity contribution < 1.29 is 27.5 Å².